The Morgan fingerprint density at radius 1 is 0.931 bits per heavy atom. The van der Waals surface area contributed by atoms with Crippen molar-refractivity contribution in [3.63, 3.8) is 0 Å². The van der Waals surface area contributed by atoms with Crippen molar-refractivity contribution in [2.24, 2.45) is 5.92 Å². The summed E-state index contributed by atoms with van der Waals surface area (Å²) in [4.78, 5) is 51.6. The highest BCUT2D eigenvalue weighted by Gasteiger charge is 2.42. The molecule has 0 spiro atoms. The Balaban J connectivity index is 1.76. The van der Waals surface area contributed by atoms with Crippen molar-refractivity contribution < 1.29 is 19.2 Å². The predicted molar refractivity (Wildman–Crippen MR) is 110 cm³/mol. The molecule has 3 rings (SSSR count). The Kier molecular flexibility index (Phi) is 6.12. The van der Waals surface area contributed by atoms with E-state index in [4.69, 9.17) is 0 Å². The third-order valence-electron chi connectivity index (χ3n) is 4.54. The lowest BCUT2D eigenvalue weighted by molar-refractivity contribution is -0.126. The number of benzene rings is 2. The van der Waals surface area contributed by atoms with E-state index < -0.39 is 29.7 Å². The standard InChI is InChI=1S/C21H20BrN3O4/c1-12(2)11-17(25-20(28)15-5-3-4-6-16(15)21(25)29)19(27)24-23-18(26)13-7-9-14(22)10-8-13/h3-10,12,17H,11H2,1-2H3,(H,23,26)(H,24,27). The van der Waals surface area contributed by atoms with Gasteiger partial charge >= 0.3 is 0 Å². The molecule has 1 atom stereocenters. The second-order valence-corrected chi connectivity index (χ2v) is 8.04. The lowest BCUT2D eigenvalue weighted by Gasteiger charge is -2.26. The monoisotopic (exact) mass is 457 g/mol. The summed E-state index contributed by atoms with van der Waals surface area (Å²) >= 11 is 3.29. The van der Waals surface area contributed by atoms with Gasteiger partial charge < -0.3 is 0 Å². The lowest BCUT2D eigenvalue weighted by Crippen LogP contribution is -2.54. The van der Waals surface area contributed by atoms with E-state index in [9.17, 15) is 19.2 Å². The Bertz CT molecular complexity index is 937. The van der Waals surface area contributed by atoms with Gasteiger partial charge in [-0.05, 0) is 48.7 Å². The van der Waals surface area contributed by atoms with Crippen molar-refractivity contribution in [1.82, 2.24) is 15.8 Å². The maximum absolute atomic E-state index is 12.8. The van der Waals surface area contributed by atoms with Gasteiger partial charge in [-0.25, -0.2) is 0 Å². The van der Waals surface area contributed by atoms with Crippen molar-refractivity contribution in [2.75, 3.05) is 0 Å². The first-order valence-electron chi connectivity index (χ1n) is 9.12. The molecule has 0 saturated carbocycles. The topological polar surface area (TPSA) is 95.6 Å². The first kappa shape index (κ1) is 20.7. The molecule has 0 fully saturated rings. The van der Waals surface area contributed by atoms with Crippen molar-refractivity contribution >= 4 is 39.6 Å². The van der Waals surface area contributed by atoms with Gasteiger partial charge in [0, 0.05) is 10.0 Å². The number of hydrazine groups is 1. The van der Waals surface area contributed by atoms with E-state index in [1.165, 1.54) is 0 Å². The molecule has 0 aliphatic carbocycles. The molecular formula is C21H20BrN3O4. The number of hydrogen-bond donors (Lipinski definition) is 2. The smallest absolute Gasteiger partial charge is 0.269 e. The number of fused-ring (bicyclic) bond motifs is 1. The van der Waals surface area contributed by atoms with E-state index in [1.54, 1.807) is 48.5 Å². The zero-order valence-electron chi connectivity index (χ0n) is 15.9. The molecule has 2 N–H and O–H groups in total. The molecule has 2 aromatic rings. The number of carbonyl (C=O) groups is 4. The largest absolute Gasteiger partial charge is 0.271 e. The van der Waals surface area contributed by atoms with Gasteiger partial charge in [-0.2, -0.15) is 0 Å². The number of nitrogens with one attached hydrogen (secondary N) is 2. The maximum atomic E-state index is 12.8. The summed E-state index contributed by atoms with van der Waals surface area (Å²) < 4.78 is 0.820. The molecule has 0 aromatic heterocycles. The molecule has 7 nitrogen and oxygen atoms in total. The van der Waals surface area contributed by atoms with E-state index in [2.05, 4.69) is 26.8 Å². The van der Waals surface area contributed by atoms with Crippen LogP contribution in [0.3, 0.4) is 0 Å². The molecule has 0 radical (unpaired) electrons. The van der Waals surface area contributed by atoms with E-state index in [0.717, 1.165) is 9.37 Å². The Morgan fingerprint density at radius 2 is 1.48 bits per heavy atom. The van der Waals surface area contributed by atoms with Crippen LogP contribution in [0.1, 0.15) is 51.3 Å². The summed E-state index contributed by atoms with van der Waals surface area (Å²) in [5, 5.41) is 0. The molecular weight excluding hydrogens is 438 g/mol. The van der Waals surface area contributed by atoms with Gasteiger partial charge in [0.1, 0.15) is 6.04 Å². The fourth-order valence-electron chi connectivity index (χ4n) is 3.14. The summed E-state index contributed by atoms with van der Waals surface area (Å²) in [5.41, 5.74) is 5.60. The van der Waals surface area contributed by atoms with E-state index in [1.807, 2.05) is 13.8 Å². The minimum atomic E-state index is -1.03. The highest BCUT2D eigenvalue weighted by molar-refractivity contribution is 9.10. The van der Waals surface area contributed by atoms with Crippen LogP contribution >= 0.6 is 15.9 Å². The molecule has 4 amide bonds. The molecule has 2 aromatic carbocycles. The minimum Gasteiger partial charge on any atom is -0.271 e. The molecule has 1 unspecified atom stereocenters. The Morgan fingerprint density at radius 3 is 2.00 bits per heavy atom. The number of rotatable bonds is 5. The van der Waals surface area contributed by atoms with Crippen molar-refractivity contribution in [3.05, 3.63) is 69.7 Å². The zero-order chi connectivity index (χ0) is 21.1. The molecule has 1 heterocycles. The highest BCUT2D eigenvalue weighted by atomic mass is 79.9. The van der Waals surface area contributed by atoms with Gasteiger partial charge in [0.2, 0.25) is 0 Å². The average molecular weight is 458 g/mol. The summed E-state index contributed by atoms with van der Waals surface area (Å²) in [5.74, 6) is -2.11. The van der Waals surface area contributed by atoms with Crippen molar-refractivity contribution in [2.45, 2.75) is 26.3 Å². The van der Waals surface area contributed by atoms with Crippen molar-refractivity contribution in [3.8, 4) is 0 Å². The summed E-state index contributed by atoms with van der Waals surface area (Å²) in [6.45, 7) is 3.78. The molecule has 1 aliphatic heterocycles. The Hall–Kier alpha value is -3.00. The first-order chi connectivity index (χ1) is 13.8. The second kappa shape index (κ2) is 8.57. The number of imide groups is 1. The van der Waals surface area contributed by atoms with Crippen molar-refractivity contribution in [1.29, 1.82) is 0 Å². The fraction of sp³-hybridized carbons (Fsp3) is 0.238. The van der Waals surface area contributed by atoms with Gasteiger partial charge in [0.05, 0.1) is 11.1 Å². The van der Waals surface area contributed by atoms with E-state index in [-0.39, 0.29) is 23.5 Å². The van der Waals surface area contributed by atoms with E-state index >= 15 is 0 Å². The van der Waals surface area contributed by atoms with Gasteiger partial charge in [0.25, 0.3) is 23.6 Å². The molecule has 0 bridgehead atoms. The van der Waals surface area contributed by atoms with Crippen LogP contribution in [-0.4, -0.2) is 34.6 Å². The van der Waals surface area contributed by atoms with Gasteiger partial charge in [-0.3, -0.25) is 34.9 Å². The van der Waals surface area contributed by atoms with Crippen LogP contribution in [0, 0.1) is 5.92 Å². The number of amides is 4. The quantitative estimate of drug-likeness (QED) is 0.532. The molecule has 0 saturated heterocycles. The molecule has 8 heteroatoms. The molecule has 29 heavy (non-hydrogen) atoms. The lowest BCUT2D eigenvalue weighted by atomic mass is 10.0. The zero-order valence-corrected chi connectivity index (χ0v) is 17.5. The van der Waals surface area contributed by atoms with Crippen LogP contribution in [0.25, 0.3) is 0 Å². The van der Waals surface area contributed by atoms with Crippen LogP contribution in [0.2, 0.25) is 0 Å². The SMILES string of the molecule is CC(C)CC(C(=O)NNC(=O)c1ccc(Br)cc1)N1C(=O)c2ccccc2C1=O. The third-order valence-corrected chi connectivity index (χ3v) is 5.07. The maximum Gasteiger partial charge on any atom is 0.269 e. The highest BCUT2D eigenvalue weighted by Crippen LogP contribution is 2.26. The van der Waals surface area contributed by atoms with Gasteiger partial charge in [-0.1, -0.05) is 41.9 Å². The first-order valence-corrected chi connectivity index (χ1v) is 9.91. The van der Waals surface area contributed by atoms with Gasteiger partial charge in [-0.15, -0.1) is 0 Å². The molecule has 1 aliphatic rings. The van der Waals surface area contributed by atoms with Crippen LogP contribution in [-0.2, 0) is 4.79 Å². The Labute approximate surface area is 176 Å². The number of hydrogen-bond acceptors (Lipinski definition) is 4. The normalized spacial score (nSPS) is 14.0. The number of carbonyl (C=O) groups excluding carboxylic acids is 4. The van der Waals surface area contributed by atoms with Crippen LogP contribution in [0.15, 0.2) is 53.0 Å². The van der Waals surface area contributed by atoms with E-state index in [0.29, 0.717) is 5.56 Å². The fourth-order valence-corrected chi connectivity index (χ4v) is 3.41. The second-order valence-electron chi connectivity index (χ2n) is 7.12. The van der Waals surface area contributed by atoms with Crippen LogP contribution in [0.4, 0.5) is 0 Å². The van der Waals surface area contributed by atoms with Gasteiger partial charge in [0.15, 0.2) is 0 Å². The average Bonchev–Trinajstić information content (AvgIpc) is 2.95. The number of halogens is 1. The summed E-state index contributed by atoms with van der Waals surface area (Å²) in [6.07, 6.45) is 0.269. The third kappa shape index (κ3) is 4.37. The van der Waals surface area contributed by atoms with Crippen LogP contribution in [0.5, 0.6) is 0 Å². The number of nitrogens with zero attached hydrogens (tertiary/aromatic N) is 1. The summed E-state index contributed by atoms with van der Waals surface area (Å²) in [7, 11) is 0. The summed E-state index contributed by atoms with van der Waals surface area (Å²) in [6, 6.07) is 12.0. The molecule has 150 valence electrons. The van der Waals surface area contributed by atoms with Crippen LogP contribution < -0.4 is 10.9 Å². The minimum absolute atomic E-state index is 0.0391. The predicted octanol–water partition coefficient (Wildman–Crippen LogP) is 2.92.